The highest BCUT2D eigenvalue weighted by Crippen LogP contribution is 2.32. The van der Waals surface area contributed by atoms with E-state index in [4.69, 9.17) is 0 Å². The summed E-state index contributed by atoms with van der Waals surface area (Å²) in [6.07, 6.45) is 0. The van der Waals surface area contributed by atoms with E-state index in [0.29, 0.717) is 5.56 Å². The van der Waals surface area contributed by atoms with E-state index in [2.05, 4.69) is 44.7 Å². The van der Waals surface area contributed by atoms with Crippen LogP contribution in [0.1, 0.15) is 0 Å². The molecule has 0 radical (unpaired) electrons. The fraction of sp³-hybridized carbons (Fsp3) is 0.174. The van der Waals surface area contributed by atoms with E-state index >= 15 is 0 Å². The first-order valence-corrected chi connectivity index (χ1v) is 9.72. The summed E-state index contributed by atoms with van der Waals surface area (Å²) in [6, 6.07) is 18.8. The average Bonchev–Trinajstić information content (AvgIpc) is 3.20. The van der Waals surface area contributed by atoms with Gasteiger partial charge in [-0.05, 0) is 47.5 Å². The quantitative estimate of drug-likeness (QED) is 0.493. The van der Waals surface area contributed by atoms with Gasteiger partial charge in [0.1, 0.15) is 0 Å². The fourth-order valence-corrected chi connectivity index (χ4v) is 3.86. The number of benzene rings is 3. The van der Waals surface area contributed by atoms with Crippen molar-refractivity contribution in [1.82, 2.24) is 15.5 Å². The minimum Gasteiger partial charge on any atom is -0.505 e. The number of hydrogen-bond acceptors (Lipinski definition) is 4. The number of rotatable bonds is 3. The largest absolute Gasteiger partial charge is 0.505 e. The van der Waals surface area contributed by atoms with Crippen LogP contribution in [0.15, 0.2) is 60.7 Å². The Balaban J connectivity index is 1.46. The third-order valence-corrected chi connectivity index (χ3v) is 5.47. The maximum absolute atomic E-state index is 13.7. The van der Waals surface area contributed by atoms with Crippen molar-refractivity contribution in [1.29, 1.82) is 0 Å². The van der Waals surface area contributed by atoms with Gasteiger partial charge >= 0.3 is 0 Å². The SMILES string of the molecule is Oc1ccc(-c2ccc3c(-c4ccc(N5CCNCC5)cc4)n[nH]c3c2)cc1F. The molecule has 146 valence electrons. The van der Waals surface area contributed by atoms with Crippen molar-refractivity contribution in [2.45, 2.75) is 0 Å². The van der Waals surface area contributed by atoms with Crippen molar-refractivity contribution >= 4 is 16.6 Å². The predicted octanol–water partition coefficient (Wildman–Crippen LogP) is 4.15. The van der Waals surface area contributed by atoms with Gasteiger partial charge in [-0.15, -0.1) is 0 Å². The zero-order valence-electron chi connectivity index (χ0n) is 15.8. The van der Waals surface area contributed by atoms with Crippen LogP contribution in [0.2, 0.25) is 0 Å². The maximum atomic E-state index is 13.7. The van der Waals surface area contributed by atoms with Gasteiger partial charge in [0.2, 0.25) is 0 Å². The molecule has 0 amide bonds. The maximum Gasteiger partial charge on any atom is 0.165 e. The molecule has 29 heavy (non-hydrogen) atoms. The summed E-state index contributed by atoms with van der Waals surface area (Å²) in [4.78, 5) is 2.38. The Labute approximate surface area is 167 Å². The van der Waals surface area contributed by atoms with Crippen molar-refractivity contribution in [2.75, 3.05) is 31.1 Å². The summed E-state index contributed by atoms with van der Waals surface area (Å²) in [7, 11) is 0. The van der Waals surface area contributed by atoms with Crippen LogP contribution in [-0.4, -0.2) is 41.5 Å². The van der Waals surface area contributed by atoms with Gasteiger partial charge < -0.3 is 15.3 Å². The summed E-state index contributed by atoms with van der Waals surface area (Å²) in [6.45, 7) is 4.06. The standard InChI is InChI=1S/C23H21FN4O/c24-20-13-16(4-8-22(20)29)17-3-7-19-21(14-17)26-27-23(19)15-1-5-18(6-2-15)28-11-9-25-10-12-28/h1-8,13-14,25,29H,9-12H2,(H,26,27). The number of anilines is 1. The van der Waals surface area contributed by atoms with Gasteiger partial charge in [-0.1, -0.05) is 24.3 Å². The van der Waals surface area contributed by atoms with Gasteiger partial charge in [0.05, 0.1) is 11.2 Å². The van der Waals surface area contributed by atoms with Crippen LogP contribution in [-0.2, 0) is 0 Å². The van der Waals surface area contributed by atoms with Crippen molar-refractivity contribution in [2.24, 2.45) is 0 Å². The van der Waals surface area contributed by atoms with E-state index in [-0.39, 0.29) is 5.75 Å². The molecule has 1 saturated heterocycles. The number of phenolic OH excluding ortho intramolecular Hbond substituents is 1. The predicted molar refractivity (Wildman–Crippen MR) is 114 cm³/mol. The highest BCUT2D eigenvalue weighted by Gasteiger charge is 2.13. The Morgan fingerprint density at radius 1 is 0.862 bits per heavy atom. The van der Waals surface area contributed by atoms with Gasteiger partial charge in [-0.25, -0.2) is 4.39 Å². The first-order valence-electron chi connectivity index (χ1n) is 9.72. The highest BCUT2D eigenvalue weighted by molar-refractivity contribution is 5.95. The molecule has 1 aromatic heterocycles. The molecule has 1 fully saturated rings. The summed E-state index contributed by atoms with van der Waals surface area (Å²) in [5.74, 6) is -0.972. The molecule has 4 aromatic rings. The lowest BCUT2D eigenvalue weighted by Crippen LogP contribution is -2.43. The first kappa shape index (κ1) is 17.7. The smallest absolute Gasteiger partial charge is 0.165 e. The summed E-state index contributed by atoms with van der Waals surface area (Å²) in [5.41, 5.74) is 5.64. The molecule has 5 rings (SSSR count). The van der Waals surface area contributed by atoms with E-state index in [0.717, 1.165) is 53.9 Å². The molecule has 3 N–H and O–H groups in total. The van der Waals surface area contributed by atoms with E-state index in [9.17, 15) is 9.50 Å². The molecule has 5 nitrogen and oxygen atoms in total. The average molecular weight is 388 g/mol. The van der Waals surface area contributed by atoms with Crippen molar-refractivity contribution in [3.05, 3.63) is 66.5 Å². The summed E-state index contributed by atoms with van der Waals surface area (Å²) < 4.78 is 13.7. The lowest BCUT2D eigenvalue weighted by molar-refractivity contribution is 0.432. The third kappa shape index (κ3) is 3.32. The third-order valence-electron chi connectivity index (χ3n) is 5.47. The number of nitrogens with zero attached hydrogens (tertiary/aromatic N) is 2. The second-order valence-corrected chi connectivity index (χ2v) is 7.28. The molecule has 3 aromatic carbocycles. The number of aromatic amines is 1. The number of aromatic hydroxyl groups is 1. The van der Waals surface area contributed by atoms with Crippen LogP contribution < -0.4 is 10.2 Å². The van der Waals surface area contributed by atoms with Gasteiger partial charge in [0, 0.05) is 42.8 Å². The van der Waals surface area contributed by atoms with Crippen LogP contribution in [0.4, 0.5) is 10.1 Å². The number of hydrogen-bond donors (Lipinski definition) is 3. The molecular weight excluding hydrogens is 367 g/mol. The zero-order valence-corrected chi connectivity index (χ0v) is 15.8. The number of fused-ring (bicyclic) bond motifs is 1. The molecule has 0 bridgehead atoms. The number of piperazine rings is 1. The number of aromatic nitrogens is 2. The second-order valence-electron chi connectivity index (χ2n) is 7.28. The van der Waals surface area contributed by atoms with Crippen molar-refractivity contribution < 1.29 is 9.50 Å². The van der Waals surface area contributed by atoms with E-state index in [1.165, 1.54) is 17.8 Å². The van der Waals surface area contributed by atoms with Crippen molar-refractivity contribution in [3.63, 3.8) is 0 Å². The molecule has 1 aliphatic rings. The summed E-state index contributed by atoms with van der Waals surface area (Å²) in [5, 5.41) is 21.4. The lowest BCUT2D eigenvalue weighted by Gasteiger charge is -2.29. The molecule has 0 saturated carbocycles. The van der Waals surface area contributed by atoms with Crippen LogP contribution >= 0.6 is 0 Å². The van der Waals surface area contributed by atoms with E-state index in [1.54, 1.807) is 6.07 Å². The minimum absolute atomic E-state index is 0.345. The normalized spacial score (nSPS) is 14.4. The van der Waals surface area contributed by atoms with Gasteiger partial charge in [0.15, 0.2) is 11.6 Å². The van der Waals surface area contributed by atoms with E-state index in [1.807, 2.05) is 18.2 Å². The number of phenols is 1. The second kappa shape index (κ2) is 7.22. The number of H-pyrrole nitrogens is 1. The monoisotopic (exact) mass is 388 g/mol. The Morgan fingerprint density at radius 2 is 1.55 bits per heavy atom. The van der Waals surface area contributed by atoms with Crippen LogP contribution in [0, 0.1) is 5.82 Å². The van der Waals surface area contributed by atoms with Gasteiger partial charge in [-0.3, -0.25) is 5.10 Å². The molecule has 2 heterocycles. The van der Waals surface area contributed by atoms with Gasteiger partial charge in [-0.2, -0.15) is 5.10 Å². The molecule has 0 spiro atoms. The Kier molecular flexibility index (Phi) is 4.41. The summed E-state index contributed by atoms with van der Waals surface area (Å²) >= 11 is 0. The van der Waals surface area contributed by atoms with Crippen LogP contribution in [0.25, 0.3) is 33.3 Å². The molecule has 0 atom stereocenters. The highest BCUT2D eigenvalue weighted by atomic mass is 19.1. The Bertz CT molecular complexity index is 1160. The number of halogens is 1. The molecule has 0 unspecified atom stereocenters. The minimum atomic E-state index is -0.627. The molecular formula is C23H21FN4O. The fourth-order valence-electron chi connectivity index (χ4n) is 3.86. The van der Waals surface area contributed by atoms with E-state index < -0.39 is 5.82 Å². The van der Waals surface area contributed by atoms with Crippen LogP contribution in [0.3, 0.4) is 0 Å². The zero-order chi connectivity index (χ0) is 19.8. The van der Waals surface area contributed by atoms with Crippen molar-refractivity contribution in [3.8, 4) is 28.1 Å². The molecule has 6 heteroatoms. The number of nitrogens with one attached hydrogen (secondary N) is 2. The first-order chi connectivity index (χ1) is 14.2. The van der Waals surface area contributed by atoms with Gasteiger partial charge in [0.25, 0.3) is 0 Å². The Hall–Kier alpha value is -3.38. The molecule has 0 aliphatic carbocycles. The topological polar surface area (TPSA) is 64.2 Å². The molecule has 1 aliphatic heterocycles. The lowest BCUT2D eigenvalue weighted by atomic mass is 10.0. The van der Waals surface area contributed by atoms with Crippen LogP contribution in [0.5, 0.6) is 5.75 Å². The Morgan fingerprint density at radius 3 is 2.31 bits per heavy atom.